The summed E-state index contributed by atoms with van der Waals surface area (Å²) >= 11 is 0. The number of ether oxygens (including phenoxy) is 1. The Morgan fingerprint density at radius 3 is 2.67 bits per heavy atom. The Balaban J connectivity index is 2.24. The van der Waals surface area contributed by atoms with Gasteiger partial charge in [-0.2, -0.15) is 0 Å². The Bertz CT molecular complexity index is 194. The highest BCUT2D eigenvalue weighted by molar-refractivity contribution is 5.02. The minimum Gasteiger partial charge on any atom is -0.381 e. The van der Waals surface area contributed by atoms with Crippen LogP contribution in [-0.4, -0.2) is 32.3 Å². The molecule has 1 aliphatic carbocycles. The average Bonchev–Trinajstić information content (AvgIpc) is 2.17. The standard InChI is InChI=1S/C12H26N2O/c1-9(5-6-13)8-14-10-7-11(15-4)12(10,2)3/h9-11,14H,5-8,13H2,1-4H3. The van der Waals surface area contributed by atoms with Gasteiger partial charge in [0.1, 0.15) is 0 Å². The van der Waals surface area contributed by atoms with Crippen molar-refractivity contribution in [1.82, 2.24) is 5.32 Å². The second-order valence-corrected chi connectivity index (χ2v) is 5.42. The quantitative estimate of drug-likeness (QED) is 0.702. The first-order valence-corrected chi connectivity index (χ1v) is 5.98. The lowest BCUT2D eigenvalue weighted by molar-refractivity contribution is -0.0979. The van der Waals surface area contributed by atoms with E-state index in [1.165, 1.54) is 0 Å². The van der Waals surface area contributed by atoms with Gasteiger partial charge in [0.25, 0.3) is 0 Å². The van der Waals surface area contributed by atoms with Gasteiger partial charge in [0, 0.05) is 18.6 Å². The zero-order chi connectivity index (χ0) is 11.5. The maximum absolute atomic E-state index is 5.53. The molecule has 3 atom stereocenters. The second kappa shape index (κ2) is 5.28. The van der Waals surface area contributed by atoms with Crippen LogP contribution < -0.4 is 11.1 Å². The van der Waals surface area contributed by atoms with Crippen LogP contribution in [0.1, 0.15) is 33.6 Å². The lowest BCUT2D eigenvalue weighted by atomic mass is 9.64. The number of rotatable bonds is 6. The Kier molecular flexibility index (Phi) is 4.56. The summed E-state index contributed by atoms with van der Waals surface area (Å²) in [5.41, 5.74) is 5.81. The van der Waals surface area contributed by atoms with Gasteiger partial charge in [-0.1, -0.05) is 20.8 Å². The van der Waals surface area contributed by atoms with Crippen LogP contribution in [0.2, 0.25) is 0 Å². The molecule has 90 valence electrons. The van der Waals surface area contributed by atoms with Gasteiger partial charge >= 0.3 is 0 Å². The Morgan fingerprint density at radius 1 is 1.53 bits per heavy atom. The molecular weight excluding hydrogens is 188 g/mol. The van der Waals surface area contributed by atoms with Crippen molar-refractivity contribution < 1.29 is 4.74 Å². The third-order valence-electron chi connectivity index (χ3n) is 3.83. The molecule has 0 aromatic heterocycles. The smallest absolute Gasteiger partial charge is 0.0652 e. The van der Waals surface area contributed by atoms with Crippen molar-refractivity contribution in [2.75, 3.05) is 20.2 Å². The zero-order valence-electron chi connectivity index (χ0n) is 10.5. The number of nitrogens with two attached hydrogens (primary N) is 1. The molecular formula is C12H26N2O. The van der Waals surface area contributed by atoms with Crippen molar-refractivity contribution in [2.24, 2.45) is 17.1 Å². The fourth-order valence-corrected chi connectivity index (χ4v) is 2.36. The molecule has 3 heteroatoms. The maximum Gasteiger partial charge on any atom is 0.0652 e. The number of nitrogens with one attached hydrogen (secondary N) is 1. The molecule has 0 bridgehead atoms. The van der Waals surface area contributed by atoms with E-state index in [1.807, 2.05) is 0 Å². The van der Waals surface area contributed by atoms with Crippen LogP contribution in [-0.2, 0) is 4.74 Å². The molecule has 0 aromatic rings. The van der Waals surface area contributed by atoms with Crippen molar-refractivity contribution >= 4 is 0 Å². The lowest BCUT2D eigenvalue weighted by Gasteiger charge is -2.51. The maximum atomic E-state index is 5.53. The fourth-order valence-electron chi connectivity index (χ4n) is 2.36. The van der Waals surface area contributed by atoms with E-state index in [1.54, 1.807) is 7.11 Å². The number of hydrogen-bond donors (Lipinski definition) is 2. The summed E-state index contributed by atoms with van der Waals surface area (Å²) in [5, 5.41) is 3.62. The zero-order valence-corrected chi connectivity index (χ0v) is 10.5. The molecule has 0 aromatic carbocycles. The van der Waals surface area contributed by atoms with E-state index in [2.05, 4.69) is 26.1 Å². The fraction of sp³-hybridized carbons (Fsp3) is 1.00. The predicted molar refractivity (Wildman–Crippen MR) is 63.8 cm³/mol. The van der Waals surface area contributed by atoms with Crippen LogP contribution in [0.4, 0.5) is 0 Å². The van der Waals surface area contributed by atoms with Crippen molar-refractivity contribution in [3.63, 3.8) is 0 Å². The molecule has 0 amide bonds. The SMILES string of the molecule is COC1CC(NCC(C)CCN)C1(C)C. The van der Waals surface area contributed by atoms with E-state index in [0.717, 1.165) is 25.9 Å². The third-order valence-corrected chi connectivity index (χ3v) is 3.83. The van der Waals surface area contributed by atoms with Crippen molar-refractivity contribution in [1.29, 1.82) is 0 Å². The van der Waals surface area contributed by atoms with Crippen molar-refractivity contribution in [3.8, 4) is 0 Å². The van der Waals surface area contributed by atoms with E-state index < -0.39 is 0 Å². The summed E-state index contributed by atoms with van der Waals surface area (Å²) in [7, 11) is 1.81. The highest BCUT2D eigenvalue weighted by atomic mass is 16.5. The highest BCUT2D eigenvalue weighted by Gasteiger charge is 2.48. The molecule has 3 N–H and O–H groups in total. The molecule has 0 aliphatic heterocycles. The largest absolute Gasteiger partial charge is 0.381 e. The van der Waals surface area contributed by atoms with Crippen LogP contribution in [0.5, 0.6) is 0 Å². The topological polar surface area (TPSA) is 47.3 Å². The van der Waals surface area contributed by atoms with Gasteiger partial charge in [0.05, 0.1) is 6.10 Å². The van der Waals surface area contributed by atoms with Gasteiger partial charge in [-0.05, 0) is 31.8 Å². The Morgan fingerprint density at radius 2 is 2.20 bits per heavy atom. The summed E-state index contributed by atoms with van der Waals surface area (Å²) in [6.07, 6.45) is 2.66. The van der Waals surface area contributed by atoms with Crippen molar-refractivity contribution in [2.45, 2.75) is 45.8 Å². The number of hydrogen-bond acceptors (Lipinski definition) is 3. The van der Waals surface area contributed by atoms with E-state index in [4.69, 9.17) is 10.5 Å². The van der Waals surface area contributed by atoms with Crippen LogP contribution in [0, 0.1) is 11.3 Å². The van der Waals surface area contributed by atoms with E-state index in [-0.39, 0.29) is 5.41 Å². The van der Waals surface area contributed by atoms with Gasteiger partial charge in [-0.3, -0.25) is 0 Å². The molecule has 1 fully saturated rings. The van der Waals surface area contributed by atoms with E-state index in [0.29, 0.717) is 18.1 Å². The normalized spacial score (nSPS) is 31.0. The third kappa shape index (κ3) is 2.92. The van der Waals surface area contributed by atoms with Gasteiger partial charge in [-0.15, -0.1) is 0 Å². The van der Waals surface area contributed by atoms with Gasteiger partial charge < -0.3 is 15.8 Å². The highest BCUT2D eigenvalue weighted by Crippen LogP contribution is 2.42. The minimum atomic E-state index is 0.275. The molecule has 1 rings (SSSR count). The average molecular weight is 214 g/mol. The van der Waals surface area contributed by atoms with Gasteiger partial charge in [0.2, 0.25) is 0 Å². The monoisotopic (exact) mass is 214 g/mol. The summed E-state index contributed by atoms with van der Waals surface area (Å²) in [6, 6.07) is 0.600. The summed E-state index contributed by atoms with van der Waals surface area (Å²) in [4.78, 5) is 0. The van der Waals surface area contributed by atoms with Gasteiger partial charge in [0.15, 0.2) is 0 Å². The molecule has 0 spiro atoms. The molecule has 15 heavy (non-hydrogen) atoms. The summed E-state index contributed by atoms with van der Waals surface area (Å²) < 4.78 is 5.43. The molecule has 3 nitrogen and oxygen atoms in total. The lowest BCUT2D eigenvalue weighted by Crippen LogP contribution is -2.61. The Labute approximate surface area is 93.8 Å². The van der Waals surface area contributed by atoms with E-state index in [9.17, 15) is 0 Å². The first-order chi connectivity index (χ1) is 7.02. The van der Waals surface area contributed by atoms with Crippen LogP contribution >= 0.6 is 0 Å². The van der Waals surface area contributed by atoms with Gasteiger partial charge in [-0.25, -0.2) is 0 Å². The first-order valence-electron chi connectivity index (χ1n) is 5.98. The van der Waals surface area contributed by atoms with Crippen LogP contribution in [0.15, 0.2) is 0 Å². The molecule has 3 unspecified atom stereocenters. The van der Waals surface area contributed by atoms with Crippen molar-refractivity contribution in [3.05, 3.63) is 0 Å². The minimum absolute atomic E-state index is 0.275. The second-order valence-electron chi connectivity index (χ2n) is 5.42. The van der Waals surface area contributed by atoms with E-state index >= 15 is 0 Å². The molecule has 1 aliphatic rings. The summed E-state index contributed by atoms with van der Waals surface area (Å²) in [6.45, 7) is 8.66. The molecule has 0 saturated heterocycles. The molecule has 0 heterocycles. The Hall–Kier alpha value is -0.120. The van der Waals surface area contributed by atoms with Crippen LogP contribution in [0.3, 0.4) is 0 Å². The predicted octanol–water partition coefficient (Wildman–Crippen LogP) is 1.37. The number of methoxy groups -OCH3 is 1. The summed E-state index contributed by atoms with van der Waals surface area (Å²) in [5.74, 6) is 0.674. The molecule has 0 radical (unpaired) electrons. The molecule has 1 saturated carbocycles. The first kappa shape index (κ1) is 12.9. The van der Waals surface area contributed by atoms with Crippen LogP contribution in [0.25, 0.3) is 0 Å².